The first-order valence-corrected chi connectivity index (χ1v) is 7.50. The van der Waals surface area contributed by atoms with Crippen molar-refractivity contribution in [1.29, 1.82) is 5.26 Å². The zero-order valence-corrected chi connectivity index (χ0v) is 11.4. The van der Waals surface area contributed by atoms with E-state index < -0.39 is 14.9 Å². The second kappa shape index (κ2) is 5.28. The number of nitrogens with zero attached hydrogens (tertiary/aromatic N) is 2. The number of nitrogens with one attached hydrogen (secondary N) is 1. The van der Waals surface area contributed by atoms with Crippen LogP contribution in [0.3, 0.4) is 0 Å². The van der Waals surface area contributed by atoms with Crippen molar-refractivity contribution in [3.63, 3.8) is 0 Å². The van der Waals surface area contributed by atoms with Crippen LogP contribution in [-0.4, -0.2) is 13.3 Å². The van der Waals surface area contributed by atoms with E-state index in [0.717, 1.165) is 11.3 Å². The maximum absolute atomic E-state index is 12.1. The van der Waals surface area contributed by atoms with Crippen LogP contribution in [0.15, 0.2) is 40.6 Å². The fraction of sp³-hybridized carbons (Fsp3) is 0. The van der Waals surface area contributed by atoms with Crippen LogP contribution in [-0.2, 0) is 10.0 Å². The van der Waals surface area contributed by atoms with Gasteiger partial charge in [-0.05, 0) is 18.2 Å². The summed E-state index contributed by atoms with van der Waals surface area (Å²) in [5.74, 6) is 0. The zero-order chi connectivity index (χ0) is 14.8. The molecule has 102 valence electrons. The molecule has 20 heavy (non-hydrogen) atoms. The molecule has 0 amide bonds. The molecule has 0 saturated carbocycles. The van der Waals surface area contributed by atoms with Gasteiger partial charge in [-0.1, -0.05) is 12.1 Å². The van der Waals surface area contributed by atoms with Crippen molar-refractivity contribution in [2.24, 2.45) is 0 Å². The van der Waals surface area contributed by atoms with Gasteiger partial charge in [0.15, 0.2) is 0 Å². The summed E-state index contributed by atoms with van der Waals surface area (Å²) in [6.45, 7) is 0. The Labute approximate surface area is 118 Å². The minimum Gasteiger partial charge on any atom is -0.272 e. The van der Waals surface area contributed by atoms with E-state index in [2.05, 4.69) is 4.72 Å². The lowest BCUT2D eigenvalue weighted by atomic mass is 10.3. The normalized spacial score (nSPS) is 10.8. The Morgan fingerprint density at radius 3 is 2.55 bits per heavy atom. The fourth-order valence-electron chi connectivity index (χ4n) is 1.44. The van der Waals surface area contributed by atoms with Gasteiger partial charge >= 0.3 is 0 Å². The lowest BCUT2D eigenvalue weighted by Crippen LogP contribution is -2.12. The summed E-state index contributed by atoms with van der Waals surface area (Å²) in [4.78, 5) is 10.4. The van der Waals surface area contributed by atoms with Gasteiger partial charge < -0.3 is 0 Å². The number of anilines is 1. The Morgan fingerprint density at radius 1 is 1.25 bits per heavy atom. The van der Waals surface area contributed by atoms with Gasteiger partial charge in [0, 0.05) is 6.07 Å². The Balaban J connectivity index is 2.39. The van der Waals surface area contributed by atoms with E-state index in [-0.39, 0.29) is 20.5 Å². The van der Waals surface area contributed by atoms with Crippen LogP contribution in [0.4, 0.5) is 11.4 Å². The number of nitro benzene ring substituents is 1. The number of para-hydroxylation sites is 2. The third-order valence-corrected chi connectivity index (χ3v) is 5.15. The van der Waals surface area contributed by atoms with E-state index in [1.807, 2.05) is 6.07 Å². The number of nitriles is 1. The van der Waals surface area contributed by atoms with Crippen molar-refractivity contribution in [3.8, 4) is 6.07 Å². The molecular weight excluding hydrogens is 302 g/mol. The zero-order valence-electron chi connectivity index (χ0n) is 9.81. The number of nitro groups is 1. The second-order valence-corrected chi connectivity index (χ2v) is 6.60. The Bertz CT molecular complexity index is 805. The van der Waals surface area contributed by atoms with Crippen LogP contribution in [0, 0.1) is 21.4 Å². The van der Waals surface area contributed by atoms with E-state index in [1.165, 1.54) is 36.4 Å². The highest BCUT2D eigenvalue weighted by Crippen LogP contribution is 2.28. The molecule has 0 atom stereocenters. The van der Waals surface area contributed by atoms with Crippen molar-refractivity contribution in [3.05, 3.63) is 51.4 Å². The molecular formula is C11H7N3O4S2. The number of hydrogen-bond acceptors (Lipinski definition) is 6. The molecule has 2 aromatic rings. The maximum Gasteiger partial charge on any atom is 0.293 e. The lowest BCUT2D eigenvalue weighted by molar-refractivity contribution is -0.383. The van der Waals surface area contributed by atoms with Crippen molar-refractivity contribution in [1.82, 2.24) is 0 Å². The second-order valence-electron chi connectivity index (χ2n) is 3.61. The molecule has 9 heteroatoms. The SMILES string of the molecule is N#Cc1ccc(S(=O)(=O)Nc2ccccc2[N+](=O)[O-])s1. The van der Waals surface area contributed by atoms with Crippen LogP contribution in [0.2, 0.25) is 0 Å². The molecule has 1 aromatic heterocycles. The molecule has 0 unspecified atom stereocenters. The van der Waals surface area contributed by atoms with Gasteiger partial charge in [-0.3, -0.25) is 14.8 Å². The minimum absolute atomic E-state index is 0.0767. The van der Waals surface area contributed by atoms with Crippen LogP contribution in [0.1, 0.15) is 4.88 Å². The molecule has 0 aliphatic rings. The van der Waals surface area contributed by atoms with Gasteiger partial charge in [-0.2, -0.15) is 5.26 Å². The molecule has 0 radical (unpaired) electrons. The quantitative estimate of drug-likeness (QED) is 0.687. The van der Waals surface area contributed by atoms with Crippen molar-refractivity contribution >= 4 is 32.7 Å². The van der Waals surface area contributed by atoms with Crippen LogP contribution in [0.25, 0.3) is 0 Å². The van der Waals surface area contributed by atoms with Crippen molar-refractivity contribution in [2.45, 2.75) is 4.21 Å². The molecule has 1 heterocycles. The molecule has 1 N–H and O–H groups in total. The smallest absolute Gasteiger partial charge is 0.272 e. The van der Waals surface area contributed by atoms with Gasteiger partial charge in [-0.25, -0.2) is 8.42 Å². The highest BCUT2D eigenvalue weighted by Gasteiger charge is 2.21. The van der Waals surface area contributed by atoms with E-state index >= 15 is 0 Å². The average Bonchev–Trinajstić information content (AvgIpc) is 2.88. The van der Waals surface area contributed by atoms with Gasteiger partial charge in [0.2, 0.25) is 0 Å². The minimum atomic E-state index is -3.95. The summed E-state index contributed by atoms with van der Waals surface area (Å²) in [6, 6.07) is 9.91. The molecule has 0 saturated heterocycles. The number of thiophene rings is 1. The topological polar surface area (TPSA) is 113 Å². The standard InChI is InChI=1S/C11H7N3O4S2/c12-7-8-5-6-11(19-8)20(17,18)13-9-3-1-2-4-10(9)14(15)16/h1-6,13H. The summed E-state index contributed by atoms with van der Waals surface area (Å²) in [5, 5.41) is 19.5. The highest BCUT2D eigenvalue weighted by molar-refractivity contribution is 7.94. The molecule has 0 aliphatic heterocycles. The molecule has 2 rings (SSSR count). The van der Waals surface area contributed by atoms with E-state index in [1.54, 1.807) is 0 Å². The predicted molar refractivity (Wildman–Crippen MR) is 72.9 cm³/mol. The van der Waals surface area contributed by atoms with Crippen LogP contribution >= 0.6 is 11.3 Å². The molecule has 0 fully saturated rings. The summed E-state index contributed by atoms with van der Waals surface area (Å²) in [5.41, 5.74) is -0.461. The molecule has 1 aromatic carbocycles. The van der Waals surface area contributed by atoms with Gasteiger partial charge in [-0.15, -0.1) is 11.3 Å². The Hall–Kier alpha value is -2.44. The third-order valence-electron chi connectivity index (χ3n) is 2.30. The molecule has 0 bridgehead atoms. The average molecular weight is 309 g/mol. The predicted octanol–water partition coefficient (Wildman–Crippen LogP) is 2.33. The van der Waals surface area contributed by atoms with E-state index in [4.69, 9.17) is 5.26 Å². The largest absolute Gasteiger partial charge is 0.293 e. The summed E-state index contributed by atoms with van der Waals surface area (Å²) >= 11 is 0.792. The first kappa shape index (κ1) is 14.0. The van der Waals surface area contributed by atoms with E-state index in [9.17, 15) is 18.5 Å². The first-order chi connectivity index (χ1) is 9.44. The molecule has 0 aliphatic carbocycles. The van der Waals surface area contributed by atoms with Crippen molar-refractivity contribution in [2.75, 3.05) is 4.72 Å². The number of hydrogen-bond donors (Lipinski definition) is 1. The van der Waals surface area contributed by atoms with Crippen molar-refractivity contribution < 1.29 is 13.3 Å². The summed E-state index contributed by atoms with van der Waals surface area (Å²) in [6.07, 6.45) is 0. The number of benzene rings is 1. The fourth-order valence-corrected chi connectivity index (χ4v) is 3.62. The highest BCUT2D eigenvalue weighted by atomic mass is 32.2. The van der Waals surface area contributed by atoms with Gasteiger partial charge in [0.05, 0.1) is 4.92 Å². The Morgan fingerprint density at radius 2 is 1.95 bits per heavy atom. The van der Waals surface area contributed by atoms with E-state index in [0.29, 0.717) is 0 Å². The summed E-state index contributed by atoms with van der Waals surface area (Å²) in [7, 11) is -3.95. The first-order valence-electron chi connectivity index (χ1n) is 5.20. The van der Waals surface area contributed by atoms with Gasteiger partial charge in [0.25, 0.3) is 15.7 Å². The summed E-state index contributed by atoms with van der Waals surface area (Å²) < 4.78 is 26.2. The van der Waals surface area contributed by atoms with Crippen LogP contribution < -0.4 is 4.72 Å². The lowest BCUT2D eigenvalue weighted by Gasteiger charge is -2.06. The Kier molecular flexibility index (Phi) is 3.69. The maximum atomic E-state index is 12.1. The van der Waals surface area contributed by atoms with Gasteiger partial charge in [0.1, 0.15) is 20.8 Å². The number of rotatable bonds is 4. The van der Waals surface area contributed by atoms with Crippen LogP contribution in [0.5, 0.6) is 0 Å². The number of sulfonamides is 1. The third kappa shape index (κ3) is 2.76. The molecule has 0 spiro atoms. The molecule has 7 nitrogen and oxygen atoms in total. The monoisotopic (exact) mass is 309 g/mol.